The van der Waals surface area contributed by atoms with Gasteiger partial charge in [-0.05, 0) is 117 Å². The Labute approximate surface area is 596 Å². The number of carboxylic acid groups (broad SMARTS) is 4. The van der Waals surface area contributed by atoms with Gasteiger partial charge in [-0.1, -0.05) is 13.8 Å². The topological polar surface area (TPSA) is 692 Å². The van der Waals surface area contributed by atoms with Gasteiger partial charge in [0.1, 0.15) is 84.6 Å². The van der Waals surface area contributed by atoms with Gasteiger partial charge in [-0.3, -0.25) is 86.3 Å². The van der Waals surface area contributed by atoms with Crippen LogP contribution >= 0.6 is 11.8 Å². The summed E-state index contributed by atoms with van der Waals surface area (Å²) in [5.41, 5.74) is 16.4. The van der Waals surface area contributed by atoms with Crippen LogP contribution in [0.3, 0.4) is 0 Å². The van der Waals surface area contributed by atoms with Gasteiger partial charge in [-0.25, -0.2) is 4.79 Å². The fourth-order valence-electron chi connectivity index (χ4n) is 8.87. The molecule has 15 amide bonds. The summed E-state index contributed by atoms with van der Waals surface area (Å²) >= 11 is 1.31. The van der Waals surface area contributed by atoms with Crippen LogP contribution in [0, 0.1) is 5.92 Å². The van der Waals surface area contributed by atoms with E-state index in [1.807, 2.05) is 0 Å². The molecule has 0 aromatic heterocycles. The van der Waals surface area contributed by atoms with E-state index < -0.39 is 274 Å². The van der Waals surface area contributed by atoms with Crippen molar-refractivity contribution in [3.63, 3.8) is 0 Å². The van der Waals surface area contributed by atoms with Crippen LogP contribution in [0.4, 0.5) is 0 Å². The first-order valence-electron chi connectivity index (χ1n) is 32.7. The van der Waals surface area contributed by atoms with Gasteiger partial charge in [0.05, 0.1) is 19.8 Å². The Hall–Kier alpha value is -9.88. The summed E-state index contributed by atoms with van der Waals surface area (Å²) in [6.45, 7) is 6.57. The minimum atomic E-state index is -1.84. The minimum absolute atomic E-state index is 0.0137. The molecule has 0 bridgehead atoms. The predicted molar refractivity (Wildman–Crippen MR) is 361 cm³/mol. The molecule has 43 heteroatoms. The number of rotatable bonds is 52. The molecule has 0 aromatic carbocycles. The third-order valence-corrected chi connectivity index (χ3v) is 15.5. The number of aliphatic carboxylic acids is 4. The van der Waals surface area contributed by atoms with Crippen molar-refractivity contribution in [2.24, 2.45) is 23.1 Å². The molecule has 14 atom stereocenters. The van der Waals surface area contributed by atoms with Gasteiger partial charge in [0.25, 0.3) is 0 Å². The van der Waals surface area contributed by atoms with Crippen LogP contribution in [0.15, 0.2) is 0 Å². The van der Waals surface area contributed by atoms with Crippen LogP contribution in [-0.4, -0.2) is 266 Å². The number of aliphatic hydroxyl groups excluding tert-OH is 2. The van der Waals surface area contributed by atoms with Crippen molar-refractivity contribution in [1.82, 2.24) is 74.4 Å². The number of nitrogens with one attached hydrogen (secondary N) is 14. The third kappa shape index (κ3) is 38.1. The first-order valence-corrected chi connectivity index (χ1v) is 34.1. The molecule has 0 aliphatic heterocycles. The number of carbonyl (C=O) groups excluding carboxylic acids is 15. The van der Waals surface area contributed by atoms with E-state index >= 15 is 0 Å². The lowest BCUT2D eigenvalue weighted by Gasteiger charge is -2.27. The molecule has 0 aliphatic rings. The van der Waals surface area contributed by atoms with Gasteiger partial charge in [-0.2, -0.15) is 11.8 Å². The molecule has 0 spiro atoms. The molecule has 0 heterocycles. The Morgan fingerprint density at radius 2 is 0.680 bits per heavy atom. The van der Waals surface area contributed by atoms with E-state index in [-0.39, 0.29) is 25.8 Å². The Bertz CT molecular complexity index is 2980. The highest BCUT2D eigenvalue weighted by atomic mass is 32.2. The van der Waals surface area contributed by atoms with Crippen molar-refractivity contribution in [3.05, 3.63) is 0 Å². The molecule has 0 aliphatic carbocycles. The fourth-order valence-corrected chi connectivity index (χ4v) is 9.35. The van der Waals surface area contributed by atoms with E-state index in [0.717, 1.165) is 20.8 Å². The zero-order valence-electron chi connectivity index (χ0n) is 58.5. The monoisotopic (exact) mass is 1490 g/mol. The number of primary amides is 1. The zero-order chi connectivity index (χ0) is 79.0. The summed E-state index contributed by atoms with van der Waals surface area (Å²) in [7, 11) is 0. The standard InChI is InChI=1S/C60H101N17O25S/c1-27(2)23-40(76-59(100)41(26-79)77-51(92)32(7)69-54(95)35(12-16-42(63)80)73-57(98)38(20-22-103-8)72-52(93)33(62)25-78)58(99)74-37(14-18-45(84)85)56(97)68-30(5)49(90)71-36(13-17-44(82)83)55(96)66-29(4)48(89)65-28(3)47(88)64-24-43(81)70-34(11-9-10-21-61)53(94)67-31(6)50(91)75-39(60(101)102)15-19-46(86)87/h27-41,78-79H,9-26,61-62H2,1-8H3,(H2,63,80)(H,64,88)(H,65,89)(H,66,96)(H,67,94)(H,68,97)(H,69,95)(H,70,81)(H,71,90)(H,72,93)(H,73,98)(H,74,99)(H,75,91)(H,76,100)(H,77,92)(H,82,83)(H,84,85)(H,86,87)(H,101,102)/t28-,29-,30-,31-,32-,33-,34-,35-,36-,37-,38-,39-,40-,41-/m0/s1. The van der Waals surface area contributed by atoms with Crippen LogP contribution in [0.5, 0.6) is 0 Å². The van der Waals surface area contributed by atoms with E-state index in [4.69, 9.17) is 22.3 Å². The number of hydrogen-bond acceptors (Lipinski definition) is 24. The number of thioether (sulfide) groups is 1. The minimum Gasteiger partial charge on any atom is -0.481 e. The number of carbonyl (C=O) groups is 19. The average Bonchev–Trinajstić information content (AvgIpc) is 0.869. The lowest BCUT2D eigenvalue weighted by Crippen LogP contribution is -2.60. The normalized spacial score (nSPS) is 15.0. The van der Waals surface area contributed by atoms with Crippen molar-refractivity contribution < 1.29 is 122 Å². The van der Waals surface area contributed by atoms with Crippen LogP contribution < -0.4 is 91.6 Å². The summed E-state index contributed by atoms with van der Waals surface area (Å²) < 4.78 is 0. The Balaban J connectivity index is 6.17. The van der Waals surface area contributed by atoms with Crippen molar-refractivity contribution in [1.29, 1.82) is 0 Å². The quantitative estimate of drug-likeness (QED) is 0.0252. The molecule has 0 saturated heterocycles. The maximum atomic E-state index is 14.0. The van der Waals surface area contributed by atoms with Gasteiger partial charge in [-0.15, -0.1) is 0 Å². The van der Waals surface area contributed by atoms with E-state index in [1.165, 1.54) is 25.6 Å². The highest BCUT2D eigenvalue weighted by Crippen LogP contribution is 2.11. The highest BCUT2D eigenvalue weighted by Gasteiger charge is 2.36. The predicted octanol–water partition coefficient (Wildman–Crippen LogP) is -9.31. The summed E-state index contributed by atoms with van der Waals surface area (Å²) in [6.07, 6.45) is -2.39. The molecule has 0 rings (SSSR count). The smallest absolute Gasteiger partial charge is 0.326 e. The van der Waals surface area contributed by atoms with Gasteiger partial charge < -0.3 is 122 Å². The maximum absolute atomic E-state index is 14.0. The van der Waals surface area contributed by atoms with Crippen LogP contribution in [0.2, 0.25) is 0 Å². The SMILES string of the molecule is CSCC[C@H](NC(=O)[C@@H](N)CO)C(=O)N[C@@H](CCC(N)=O)C(=O)N[C@@H](C)C(=O)N[C@@H](CO)C(=O)N[C@@H](CC(C)C)C(=O)N[C@@H](CCC(=O)O)C(=O)N[C@@H](C)C(=O)N[C@@H](CCC(=O)O)C(=O)N[C@@H](C)C(=O)N[C@@H](C)C(=O)NCC(=O)N[C@@H](CCCCN)C(=O)N[C@@H](C)C(=O)N[C@@H](CCC(=O)O)C(=O)O. The van der Waals surface area contributed by atoms with Gasteiger partial charge in [0.15, 0.2) is 0 Å². The molecular weight excluding hydrogens is 1390 g/mol. The number of hydrogen-bond donors (Lipinski definition) is 23. The molecule has 42 nitrogen and oxygen atoms in total. The number of carboxylic acids is 4. The number of nitrogens with two attached hydrogens (primary N) is 3. The molecule has 0 saturated carbocycles. The summed E-state index contributed by atoms with van der Waals surface area (Å²) in [4.78, 5) is 244. The Morgan fingerprint density at radius 1 is 0.359 bits per heavy atom. The first kappa shape index (κ1) is 93.1. The maximum Gasteiger partial charge on any atom is 0.326 e. The molecular formula is C60H101N17O25S. The number of unbranched alkanes of at least 4 members (excludes halogenated alkanes) is 1. The Morgan fingerprint density at radius 3 is 1.07 bits per heavy atom. The third-order valence-electron chi connectivity index (χ3n) is 14.8. The second-order valence-corrected chi connectivity index (χ2v) is 25.2. The van der Waals surface area contributed by atoms with Gasteiger partial charge in [0, 0.05) is 25.7 Å². The zero-order valence-corrected chi connectivity index (χ0v) is 59.3. The van der Waals surface area contributed by atoms with E-state index in [0.29, 0.717) is 18.6 Å². The molecule has 26 N–H and O–H groups in total. The highest BCUT2D eigenvalue weighted by molar-refractivity contribution is 7.98. The number of amides is 15. The summed E-state index contributed by atoms with van der Waals surface area (Å²) in [5.74, 6) is -21.2. The molecule has 0 radical (unpaired) electrons. The lowest BCUT2D eigenvalue weighted by molar-refractivity contribution is -0.143. The summed E-state index contributed by atoms with van der Waals surface area (Å²) in [5, 5.41) is 89.0. The molecule has 582 valence electrons. The molecule has 0 aromatic rings. The van der Waals surface area contributed by atoms with Gasteiger partial charge >= 0.3 is 23.9 Å². The van der Waals surface area contributed by atoms with Gasteiger partial charge in [0.2, 0.25) is 88.6 Å². The summed E-state index contributed by atoms with van der Waals surface area (Å²) in [6, 6.07) is -21.6. The largest absolute Gasteiger partial charge is 0.481 e. The molecule has 103 heavy (non-hydrogen) atoms. The Kier molecular flexibility index (Phi) is 44.2. The molecule has 0 unspecified atom stereocenters. The van der Waals surface area contributed by atoms with Crippen molar-refractivity contribution in [3.8, 4) is 0 Å². The fraction of sp³-hybridized carbons (Fsp3) is 0.683. The average molecular weight is 1490 g/mol. The van der Waals surface area contributed by atoms with Crippen molar-refractivity contribution >= 4 is 124 Å². The lowest BCUT2D eigenvalue weighted by atomic mass is 10.0. The van der Waals surface area contributed by atoms with E-state index in [2.05, 4.69) is 74.4 Å². The van der Waals surface area contributed by atoms with Crippen LogP contribution in [0.1, 0.15) is 132 Å². The number of aliphatic hydroxyl groups is 2. The van der Waals surface area contributed by atoms with E-state index in [1.54, 1.807) is 20.1 Å². The molecule has 0 fully saturated rings. The second kappa shape index (κ2) is 48.9. The van der Waals surface area contributed by atoms with E-state index in [9.17, 15) is 117 Å². The van der Waals surface area contributed by atoms with Crippen molar-refractivity contribution in [2.75, 3.05) is 38.3 Å². The first-order chi connectivity index (χ1) is 48.1. The van der Waals surface area contributed by atoms with Crippen LogP contribution in [0.25, 0.3) is 0 Å². The van der Waals surface area contributed by atoms with Crippen LogP contribution in [-0.2, 0) is 91.1 Å². The second-order valence-electron chi connectivity index (χ2n) is 24.2. The van der Waals surface area contributed by atoms with Crippen molar-refractivity contribution in [2.45, 2.75) is 217 Å².